The van der Waals surface area contributed by atoms with Gasteiger partial charge in [-0.3, -0.25) is 0 Å². The second-order valence-corrected chi connectivity index (χ2v) is 4.36. The average molecular weight is 304 g/mol. The molecule has 0 bridgehead atoms. The maximum absolute atomic E-state index is 8.98. The highest BCUT2D eigenvalue weighted by molar-refractivity contribution is 9.10. The Morgan fingerprint density at radius 3 is 2.72 bits per heavy atom. The number of nitrogens with zero attached hydrogens (tertiary/aromatic N) is 4. The smallest absolute Gasteiger partial charge is 0.207 e. The molecule has 90 valence electrons. The van der Waals surface area contributed by atoms with E-state index >= 15 is 0 Å². The van der Waals surface area contributed by atoms with Gasteiger partial charge in [0.2, 0.25) is 5.69 Å². The van der Waals surface area contributed by atoms with E-state index in [4.69, 9.17) is 5.26 Å². The molecule has 0 amide bonds. The molecule has 1 aromatic heterocycles. The van der Waals surface area contributed by atoms with Crippen molar-refractivity contribution < 1.29 is 0 Å². The number of halogens is 1. The molecule has 0 spiro atoms. The lowest BCUT2D eigenvalue weighted by molar-refractivity contribution is 0.750. The van der Waals surface area contributed by atoms with Gasteiger partial charge in [-0.2, -0.15) is 5.26 Å². The first kappa shape index (κ1) is 12.3. The quantitative estimate of drug-likeness (QED) is 0.881. The lowest BCUT2D eigenvalue weighted by Gasteiger charge is -1.99. The van der Waals surface area contributed by atoms with Crippen molar-refractivity contribution in [2.75, 3.05) is 11.9 Å². The third kappa shape index (κ3) is 2.57. The molecule has 1 heterocycles. The van der Waals surface area contributed by atoms with Gasteiger partial charge in [0.25, 0.3) is 0 Å². The van der Waals surface area contributed by atoms with Crippen molar-refractivity contribution in [1.29, 1.82) is 5.26 Å². The van der Waals surface area contributed by atoms with Crippen molar-refractivity contribution in [1.82, 2.24) is 15.0 Å². The molecular weight excluding hydrogens is 294 g/mol. The van der Waals surface area contributed by atoms with Crippen molar-refractivity contribution in [3.05, 3.63) is 47.1 Å². The summed E-state index contributed by atoms with van der Waals surface area (Å²) in [5.41, 5.74) is 1.06. The predicted molar refractivity (Wildman–Crippen MR) is 72.5 cm³/mol. The molecule has 5 nitrogen and oxygen atoms in total. The predicted octanol–water partition coefficient (Wildman–Crippen LogP) is 2.50. The van der Waals surface area contributed by atoms with E-state index in [1.807, 2.05) is 30.3 Å². The summed E-state index contributed by atoms with van der Waals surface area (Å²) in [5.74, 6) is 0.459. The molecule has 0 saturated heterocycles. The fraction of sp³-hybridized carbons (Fsp3) is 0.0833. The van der Waals surface area contributed by atoms with E-state index < -0.39 is 0 Å². The highest BCUT2D eigenvalue weighted by atomic mass is 79.9. The van der Waals surface area contributed by atoms with Gasteiger partial charge in [0.15, 0.2) is 5.82 Å². The van der Waals surface area contributed by atoms with Gasteiger partial charge in [0, 0.05) is 11.0 Å². The van der Waals surface area contributed by atoms with Crippen LogP contribution in [0.15, 0.2) is 41.4 Å². The van der Waals surface area contributed by atoms with Crippen molar-refractivity contribution >= 4 is 21.7 Å². The number of nitrogens with one attached hydrogen (secondary N) is 1. The van der Waals surface area contributed by atoms with Gasteiger partial charge in [0.1, 0.15) is 6.07 Å². The van der Waals surface area contributed by atoms with Gasteiger partial charge in [-0.25, -0.2) is 0 Å². The highest BCUT2D eigenvalue weighted by Crippen LogP contribution is 2.15. The topological polar surface area (TPSA) is 66.5 Å². The van der Waals surface area contributed by atoms with Gasteiger partial charge >= 0.3 is 0 Å². The summed E-state index contributed by atoms with van der Waals surface area (Å²) in [5, 5.41) is 20.3. The number of hydrogen-bond acceptors (Lipinski definition) is 4. The molecule has 0 aliphatic heterocycles. The summed E-state index contributed by atoms with van der Waals surface area (Å²) in [6.07, 6.45) is 1.69. The van der Waals surface area contributed by atoms with Crippen LogP contribution in [-0.2, 0) is 0 Å². The minimum absolute atomic E-state index is 0.264. The van der Waals surface area contributed by atoms with Crippen LogP contribution in [0.1, 0.15) is 5.69 Å². The first-order chi connectivity index (χ1) is 8.74. The van der Waals surface area contributed by atoms with E-state index in [1.54, 1.807) is 6.08 Å². The maximum atomic E-state index is 8.98. The number of aromatic nitrogens is 3. The Kier molecular flexibility index (Phi) is 3.75. The van der Waals surface area contributed by atoms with E-state index in [2.05, 4.69) is 38.0 Å². The molecule has 1 aromatic carbocycles. The van der Waals surface area contributed by atoms with E-state index in [1.165, 1.54) is 4.80 Å². The van der Waals surface area contributed by atoms with Crippen LogP contribution >= 0.6 is 15.9 Å². The minimum Gasteiger partial charge on any atom is -0.363 e. The molecule has 0 aliphatic rings. The molecule has 0 aliphatic carbocycles. The standard InChI is InChI=1S/C12H10BrN5/c1-2-7-15-12-11(8-14)16-18(17-12)10-5-3-9(13)4-6-10/h2-6H,1,7H2,(H,15,17). The Morgan fingerprint density at radius 1 is 1.39 bits per heavy atom. The number of hydrogen-bond donors (Lipinski definition) is 1. The SMILES string of the molecule is C=CCNc1nn(-c2ccc(Br)cc2)nc1C#N. The summed E-state index contributed by atoms with van der Waals surface area (Å²) in [6, 6.07) is 9.51. The summed E-state index contributed by atoms with van der Waals surface area (Å²) in [4.78, 5) is 1.43. The molecule has 1 N–H and O–H groups in total. The minimum atomic E-state index is 0.264. The highest BCUT2D eigenvalue weighted by Gasteiger charge is 2.10. The zero-order valence-corrected chi connectivity index (χ0v) is 11.1. The first-order valence-corrected chi connectivity index (χ1v) is 6.02. The largest absolute Gasteiger partial charge is 0.363 e. The van der Waals surface area contributed by atoms with Crippen LogP contribution in [0.25, 0.3) is 5.69 Å². The number of anilines is 1. The van der Waals surface area contributed by atoms with Crippen LogP contribution in [0.3, 0.4) is 0 Å². The molecule has 0 atom stereocenters. The summed E-state index contributed by atoms with van der Waals surface area (Å²) in [7, 11) is 0. The van der Waals surface area contributed by atoms with Crippen molar-refractivity contribution in [3.8, 4) is 11.8 Å². The second-order valence-electron chi connectivity index (χ2n) is 3.44. The maximum Gasteiger partial charge on any atom is 0.207 e. The van der Waals surface area contributed by atoms with Crippen LogP contribution in [0.2, 0.25) is 0 Å². The van der Waals surface area contributed by atoms with Crippen molar-refractivity contribution in [2.24, 2.45) is 0 Å². The zero-order chi connectivity index (χ0) is 13.0. The molecule has 0 radical (unpaired) electrons. The number of nitriles is 1. The lowest BCUT2D eigenvalue weighted by Crippen LogP contribution is -2.01. The molecule has 2 rings (SSSR count). The molecule has 0 fully saturated rings. The summed E-state index contributed by atoms with van der Waals surface area (Å²) < 4.78 is 0.976. The van der Waals surface area contributed by atoms with Crippen molar-refractivity contribution in [3.63, 3.8) is 0 Å². The van der Waals surface area contributed by atoms with Gasteiger partial charge in [-0.15, -0.1) is 21.6 Å². The molecule has 6 heteroatoms. The Balaban J connectivity index is 2.34. The Morgan fingerprint density at radius 2 is 2.11 bits per heavy atom. The van der Waals surface area contributed by atoms with Crippen LogP contribution in [0.4, 0.5) is 5.82 Å². The Bertz CT molecular complexity index is 594. The van der Waals surface area contributed by atoms with E-state index in [9.17, 15) is 0 Å². The van der Waals surface area contributed by atoms with Crippen LogP contribution in [0.5, 0.6) is 0 Å². The Labute approximate surface area is 113 Å². The number of benzene rings is 1. The summed E-state index contributed by atoms with van der Waals surface area (Å²) >= 11 is 3.36. The normalized spacial score (nSPS) is 9.78. The molecule has 2 aromatic rings. The van der Waals surface area contributed by atoms with E-state index in [0.717, 1.165) is 10.2 Å². The summed E-state index contributed by atoms with van der Waals surface area (Å²) in [6.45, 7) is 4.14. The number of rotatable bonds is 4. The fourth-order valence-electron chi connectivity index (χ4n) is 1.36. The van der Waals surface area contributed by atoms with Crippen LogP contribution in [-0.4, -0.2) is 21.5 Å². The average Bonchev–Trinajstić information content (AvgIpc) is 2.80. The zero-order valence-electron chi connectivity index (χ0n) is 9.47. The van der Waals surface area contributed by atoms with Gasteiger partial charge in [-0.1, -0.05) is 22.0 Å². The third-order valence-corrected chi connectivity index (χ3v) is 2.72. The first-order valence-electron chi connectivity index (χ1n) is 5.22. The van der Waals surface area contributed by atoms with Crippen LogP contribution in [0, 0.1) is 11.3 Å². The van der Waals surface area contributed by atoms with Crippen molar-refractivity contribution in [2.45, 2.75) is 0 Å². The third-order valence-electron chi connectivity index (χ3n) is 2.19. The van der Waals surface area contributed by atoms with Gasteiger partial charge in [0.05, 0.1) is 5.69 Å². The van der Waals surface area contributed by atoms with Gasteiger partial charge in [-0.05, 0) is 24.3 Å². The lowest BCUT2D eigenvalue weighted by atomic mass is 10.3. The van der Waals surface area contributed by atoms with Crippen LogP contribution < -0.4 is 5.32 Å². The van der Waals surface area contributed by atoms with Gasteiger partial charge < -0.3 is 5.32 Å². The Hall–Kier alpha value is -2.13. The monoisotopic (exact) mass is 303 g/mol. The fourth-order valence-corrected chi connectivity index (χ4v) is 1.62. The molecule has 0 unspecified atom stereocenters. The van der Waals surface area contributed by atoms with E-state index in [-0.39, 0.29) is 5.69 Å². The molecule has 18 heavy (non-hydrogen) atoms. The molecular formula is C12H10BrN5. The second kappa shape index (κ2) is 5.47. The van der Waals surface area contributed by atoms with E-state index in [0.29, 0.717) is 12.4 Å². The molecule has 0 saturated carbocycles.